The van der Waals surface area contributed by atoms with E-state index in [1.54, 1.807) is 0 Å². The summed E-state index contributed by atoms with van der Waals surface area (Å²) in [4.78, 5) is 11.8. The molecule has 0 saturated carbocycles. The zero-order valence-electron chi connectivity index (χ0n) is 10.0. The Balaban J connectivity index is 2.34. The molecule has 0 aliphatic carbocycles. The van der Waals surface area contributed by atoms with Crippen LogP contribution in [0.5, 0.6) is 0 Å². The Morgan fingerprint density at radius 1 is 1.11 bits per heavy atom. The molecule has 104 valence electrons. The fourth-order valence-corrected chi connectivity index (χ4v) is 1.53. The monoisotopic (exact) mass is 269 g/mol. The minimum Gasteiger partial charge on any atom is -0.394 e. The standard InChI is InChI=1S/C9H15N7O3/c10-6-5-7(15-8(11)14-6)16(9(12)13-5)3-19-4(1-17)2-18/h4,17-18H,1-3H2,(H2,12,13)(H4,10,11,14,15). The van der Waals surface area contributed by atoms with E-state index < -0.39 is 6.10 Å². The summed E-state index contributed by atoms with van der Waals surface area (Å²) in [5.74, 6) is 0.233. The summed E-state index contributed by atoms with van der Waals surface area (Å²) in [6.45, 7) is -0.686. The summed E-state index contributed by atoms with van der Waals surface area (Å²) in [5.41, 5.74) is 17.5. The van der Waals surface area contributed by atoms with Crippen LogP contribution in [-0.4, -0.2) is 49.0 Å². The normalized spacial score (nSPS) is 11.5. The van der Waals surface area contributed by atoms with Crippen LogP contribution < -0.4 is 17.2 Å². The van der Waals surface area contributed by atoms with Gasteiger partial charge in [-0.25, -0.2) is 4.98 Å². The van der Waals surface area contributed by atoms with Gasteiger partial charge in [0.2, 0.25) is 11.9 Å². The molecule has 0 aliphatic heterocycles. The van der Waals surface area contributed by atoms with Gasteiger partial charge in [-0.1, -0.05) is 0 Å². The average Bonchev–Trinajstić information content (AvgIpc) is 2.68. The molecule has 0 saturated heterocycles. The summed E-state index contributed by atoms with van der Waals surface area (Å²) >= 11 is 0. The first-order valence-electron chi connectivity index (χ1n) is 5.44. The lowest BCUT2D eigenvalue weighted by molar-refractivity contribution is -0.0481. The van der Waals surface area contributed by atoms with Crippen LogP contribution in [0.25, 0.3) is 11.2 Å². The van der Waals surface area contributed by atoms with E-state index in [9.17, 15) is 0 Å². The zero-order valence-corrected chi connectivity index (χ0v) is 10.0. The van der Waals surface area contributed by atoms with E-state index in [0.717, 1.165) is 0 Å². The van der Waals surface area contributed by atoms with Crippen molar-refractivity contribution in [3.05, 3.63) is 0 Å². The summed E-state index contributed by atoms with van der Waals surface area (Å²) in [5, 5.41) is 17.8. The molecule has 0 radical (unpaired) electrons. The van der Waals surface area contributed by atoms with Crippen LogP contribution in [0, 0.1) is 0 Å². The maximum Gasteiger partial charge on any atom is 0.224 e. The fraction of sp³-hybridized carbons (Fsp3) is 0.444. The molecule has 2 aromatic rings. The second-order valence-electron chi connectivity index (χ2n) is 3.82. The summed E-state index contributed by atoms with van der Waals surface area (Å²) in [7, 11) is 0. The van der Waals surface area contributed by atoms with Gasteiger partial charge >= 0.3 is 0 Å². The van der Waals surface area contributed by atoms with Gasteiger partial charge < -0.3 is 32.2 Å². The third kappa shape index (κ3) is 2.50. The number of ether oxygens (including phenoxy) is 1. The fourth-order valence-electron chi connectivity index (χ4n) is 1.53. The quantitative estimate of drug-likeness (QED) is 0.407. The molecular weight excluding hydrogens is 254 g/mol. The van der Waals surface area contributed by atoms with Gasteiger partial charge in [-0.05, 0) is 0 Å². The number of anilines is 3. The molecule has 0 bridgehead atoms. The van der Waals surface area contributed by atoms with E-state index in [-0.39, 0.29) is 37.7 Å². The van der Waals surface area contributed by atoms with Crippen LogP contribution in [0.1, 0.15) is 0 Å². The Labute approximate surface area is 107 Å². The molecule has 0 aliphatic rings. The number of nitrogen functional groups attached to an aromatic ring is 3. The lowest BCUT2D eigenvalue weighted by atomic mass is 10.4. The highest BCUT2D eigenvalue weighted by atomic mass is 16.5. The van der Waals surface area contributed by atoms with Crippen molar-refractivity contribution in [2.75, 3.05) is 30.4 Å². The SMILES string of the molecule is Nc1nc(N)c2nc(N)n(COC(CO)CO)c2n1. The number of aliphatic hydroxyl groups is 2. The van der Waals surface area contributed by atoms with Gasteiger partial charge in [-0.15, -0.1) is 0 Å². The van der Waals surface area contributed by atoms with E-state index in [0.29, 0.717) is 11.2 Å². The first-order chi connectivity index (χ1) is 9.06. The Hall–Kier alpha value is -2.17. The Kier molecular flexibility index (Phi) is 3.64. The van der Waals surface area contributed by atoms with E-state index in [2.05, 4.69) is 15.0 Å². The number of nitrogens with zero attached hydrogens (tertiary/aromatic N) is 4. The number of fused-ring (bicyclic) bond motifs is 1. The third-order valence-electron chi connectivity index (χ3n) is 2.52. The number of hydrogen-bond donors (Lipinski definition) is 5. The van der Waals surface area contributed by atoms with Gasteiger partial charge in [0.05, 0.1) is 13.2 Å². The number of aromatic nitrogens is 4. The lowest BCUT2D eigenvalue weighted by Crippen LogP contribution is -2.24. The molecule has 0 amide bonds. The molecule has 2 heterocycles. The minimum atomic E-state index is -0.714. The first kappa shape index (κ1) is 13.3. The van der Waals surface area contributed by atoms with Gasteiger partial charge in [0.25, 0.3) is 0 Å². The van der Waals surface area contributed by atoms with Gasteiger partial charge in [0, 0.05) is 0 Å². The summed E-state index contributed by atoms with van der Waals surface area (Å²) in [6, 6.07) is 0. The molecule has 8 N–H and O–H groups in total. The zero-order chi connectivity index (χ0) is 14.0. The van der Waals surface area contributed by atoms with Crippen molar-refractivity contribution in [3.63, 3.8) is 0 Å². The van der Waals surface area contributed by atoms with Gasteiger partial charge in [0.1, 0.15) is 12.8 Å². The van der Waals surface area contributed by atoms with Crippen molar-refractivity contribution in [1.29, 1.82) is 0 Å². The maximum absolute atomic E-state index is 8.92. The van der Waals surface area contributed by atoms with Crippen molar-refractivity contribution in [1.82, 2.24) is 19.5 Å². The molecule has 19 heavy (non-hydrogen) atoms. The average molecular weight is 269 g/mol. The van der Waals surface area contributed by atoms with Crippen LogP contribution in [0.15, 0.2) is 0 Å². The topological polar surface area (TPSA) is 171 Å². The molecule has 10 nitrogen and oxygen atoms in total. The summed E-state index contributed by atoms with van der Waals surface area (Å²) in [6.07, 6.45) is -0.714. The molecule has 0 fully saturated rings. The molecule has 0 unspecified atom stereocenters. The Morgan fingerprint density at radius 3 is 2.42 bits per heavy atom. The minimum absolute atomic E-state index is 0.00739. The van der Waals surface area contributed by atoms with E-state index in [4.69, 9.17) is 32.2 Å². The Bertz CT molecular complexity index is 581. The van der Waals surface area contributed by atoms with Crippen molar-refractivity contribution in [2.24, 2.45) is 0 Å². The van der Waals surface area contributed by atoms with E-state index in [1.165, 1.54) is 4.57 Å². The smallest absolute Gasteiger partial charge is 0.224 e. The number of aliphatic hydroxyl groups excluding tert-OH is 2. The predicted octanol–water partition coefficient (Wildman–Crippen LogP) is -2.10. The molecule has 2 rings (SSSR count). The molecule has 0 aromatic carbocycles. The largest absolute Gasteiger partial charge is 0.394 e. The Morgan fingerprint density at radius 2 is 1.79 bits per heavy atom. The van der Waals surface area contributed by atoms with Gasteiger partial charge in [-0.3, -0.25) is 4.57 Å². The molecular formula is C9H15N7O3. The van der Waals surface area contributed by atoms with Crippen LogP contribution >= 0.6 is 0 Å². The van der Waals surface area contributed by atoms with Gasteiger partial charge in [-0.2, -0.15) is 9.97 Å². The van der Waals surface area contributed by atoms with Crippen LogP contribution in [0.2, 0.25) is 0 Å². The first-order valence-corrected chi connectivity index (χ1v) is 5.44. The van der Waals surface area contributed by atoms with Gasteiger partial charge in [0.15, 0.2) is 17.0 Å². The molecule has 0 spiro atoms. The predicted molar refractivity (Wildman–Crippen MR) is 67.6 cm³/mol. The van der Waals surface area contributed by atoms with Crippen molar-refractivity contribution in [2.45, 2.75) is 12.8 Å². The number of rotatable bonds is 5. The van der Waals surface area contributed by atoms with Crippen LogP contribution in [-0.2, 0) is 11.5 Å². The molecule has 2 aromatic heterocycles. The highest BCUT2D eigenvalue weighted by Crippen LogP contribution is 2.21. The van der Waals surface area contributed by atoms with Crippen molar-refractivity contribution in [3.8, 4) is 0 Å². The number of imidazole rings is 1. The number of hydrogen-bond acceptors (Lipinski definition) is 9. The van der Waals surface area contributed by atoms with Crippen molar-refractivity contribution < 1.29 is 14.9 Å². The van der Waals surface area contributed by atoms with Crippen LogP contribution in [0.4, 0.5) is 17.7 Å². The van der Waals surface area contributed by atoms with E-state index >= 15 is 0 Å². The number of nitrogens with two attached hydrogens (primary N) is 3. The second kappa shape index (κ2) is 5.22. The summed E-state index contributed by atoms with van der Waals surface area (Å²) < 4.78 is 6.67. The maximum atomic E-state index is 8.92. The highest BCUT2D eigenvalue weighted by molar-refractivity contribution is 5.84. The highest BCUT2D eigenvalue weighted by Gasteiger charge is 2.15. The van der Waals surface area contributed by atoms with E-state index in [1.807, 2.05) is 0 Å². The van der Waals surface area contributed by atoms with Crippen LogP contribution in [0.3, 0.4) is 0 Å². The molecule has 10 heteroatoms. The third-order valence-corrected chi connectivity index (χ3v) is 2.52. The second-order valence-corrected chi connectivity index (χ2v) is 3.82. The van der Waals surface area contributed by atoms with Crippen molar-refractivity contribution >= 4 is 28.9 Å². The molecule has 0 atom stereocenters. The lowest BCUT2D eigenvalue weighted by Gasteiger charge is -2.13.